The Balaban J connectivity index is 1.44. The second-order valence-electron chi connectivity index (χ2n) is 9.33. The second-order valence-corrected chi connectivity index (χ2v) is 9.33. The zero-order chi connectivity index (χ0) is 22.5. The van der Waals surface area contributed by atoms with Crippen molar-refractivity contribution in [2.75, 3.05) is 18.8 Å². The molecule has 4 heterocycles. The number of hydrogen-bond donors (Lipinski definition) is 3. The van der Waals surface area contributed by atoms with Crippen molar-refractivity contribution in [1.29, 1.82) is 0 Å². The van der Waals surface area contributed by atoms with Gasteiger partial charge in [0.1, 0.15) is 6.17 Å². The van der Waals surface area contributed by atoms with E-state index >= 15 is 0 Å². The molecule has 2 aliphatic heterocycles. The highest BCUT2D eigenvalue weighted by Gasteiger charge is 2.32. The summed E-state index contributed by atoms with van der Waals surface area (Å²) in [6.07, 6.45) is 3.27. The van der Waals surface area contributed by atoms with Gasteiger partial charge < -0.3 is 16.4 Å². The Kier molecular flexibility index (Phi) is 4.93. The van der Waals surface area contributed by atoms with Crippen molar-refractivity contribution in [3.05, 3.63) is 48.0 Å². The minimum Gasteiger partial charge on any atom is -0.382 e. The first-order valence-corrected chi connectivity index (χ1v) is 10.7. The Morgan fingerprint density at radius 1 is 1.28 bits per heavy atom. The van der Waals surface area contributed by atoms with E-state index in [1.54, 1.807) is 6.20 Å². The molecule has 0 unspecified atom stereocenters. The number of hydrogen-bond acceptors (Lipinski definition) is 6. The minimum atomic E-state index is -1.14. The van der Waals surface area contributed by atoms with E-state index in [9.17, 15) is 9.18 Å². The summed E-state index contributed by atoms with van der Waals surface area (Å²) < 4.78 is 16.0. The molecule has 2 atom stereocenters. The molecule has 1 saturated heterocycles. The Morgan fingerprint density at radius 2 is 2.09 bits per heavy atom. The normalized spacial score (nSPS) is 21.5. The highest BCUT2D eigenvalue weighted by atomic mass is 19.1. The second kappa shape index (κ2) is 7.67. The first-order valence-electron chi connectivity index (χ1n) is 10.7. The summed E-state index contributed by atoms with van der Waals surface area (Å²) in [6, 6.07) is 7.31. The van der Waals surface area contributed by atoms with E-state index < -0.39 is 18.1 Å². The quantitative estimate of drug-likeness (QED) is 0.580. The largest absolute Gasteiger partial charge is 0.382 e. The predicted molar refractivity (Wildman–Crippen MR) is 120 cm³/mol. The molecule has 1 amide bonds. The van der Waals surface area contributed by atoms with Crippen LogP contribution in [0.1, 0.15) is 30.0 Å². The summed E-state index contributed by atoms with van der Waals surface area (Å²) in [6.45, 7) is 5.97. The van der Waals surface area contributed by atoms with Crippen LogP contribution in [0.5, 0.6) is 0 Å². The molecule has 2 aliphatic rings. The smallest absolute Gasteiger partial charge is 0.274 e. The van der Waals surface area contributed by atoms with Crippen LogP contribution in [-0.2, 0) is 13.0 Å². The van der Waals surface area contributed by atoms with Gasteiger partial charge in [-0.05, 0) is 23.5 Å². The van der Waals surface area contributed by atoms with E-state index in [0.29, 0.717) is 12.2 Å². The third-order valence-corrected chi connectivity index (χ3v) is 6.11. The molecule has 32 heavy (non-hydrogen) atoms. The van der Waals surface area contributed by atoms with Crippen molar-refractivity contribution in [1.82, 2.24) is 30.4 Å². The third kappa shape index (κ3) is 3.73. The monoisotopic (exact) mass is 435 g/mol. The summed E-state index contributed by atoms with van der Waals surface area (Å²) in [4.78, 5) is 21.3. The highest BCUT2D eigenvalue weighted by molar-refractivity contribution is 5.97. The number of rotatable bonds is 4. The SMILES string of the molecule is CC1(C)Cc2c(-c3cccc(-c4cnc(N)c(C(=O)N[C@H]5CNC[C@@H]5F)n4)c3)cnn2C1. The van der Waals surface area contributed by atoms with Crippen LogP contribution < -0.4 is 16.4 Å². The fourth-order valence-electron chi connectivity index (χ4n) is 4.46. The molecular weight excluding hydrogens is 409 g/mol. The number of aromatic nitrogens is 4. The number of alkyl halides is 1. The van der Waals surface area contributed by atoms with Crippen molar-refractivity contribution in [2.45, 2.75) is 39.0 Å². The van der Waals surface area contributed by atoms with Gasteiger partial charge in [-0.1, -0.05) is 32.0 Å². The lowest BCUT2D eigenvalue weighted by molar-refractivity contribution is 0.0920. The lowest BCUT2D eigenvalue weighted by Crippen LogP contribution is -2.41. The van der Waals surface area contributed by atoms with E-state index in [1.165, 1.54) is 5.69 Å². The molecule has 0 radical (unpaired) electrons. The van der Waals surface area contributed by atoms with E-state index in [4.69, 9.17) is 5.73 Å². The fraction of sp³-hybridized carbons (Fsp3) is 0.391. The van der Waals surface area contributed by atoms with Crippen LogP contribution in [0.25, 0.3) is 22.4 Å². The lowest BCUT2D eigenvalue weighted by Gasteiger charge is -2.15. The van der Waals surface area contributed by atoms with Gasteiger partial charge in [-0.25, -0.2) is 14.4 Å². The molecule has 0 saturated carbocycles. The molecule has 3 aromatic rings. The van der Waals surface area contributed by atoms with E-state index in [2.05, 4.69) is 44.2 Å². The van der Waals surface area contributed by atoms with Gasteiger partial charge in [-0.2, -0.15) is 5.10 Å². The average Bonchev–Trinajstić information content (AvgIpc) is 3.42. The van der Waals surface area contributed by atoms with Gasteiger partial charge in [0.15, 0.2) is 11.5 Å². The van der Waals surface area contributed by atoms with Gasteiger partial charge in [-0.15, -0.1) is 0 Å². The maximum Gasteiger partial charge on any atom is 0.274 e. The van der Waals surface area contributed by atoms with Crippen LogP contribution in [0.4, 0.5) is 10.2 Å². The summed E-state index contributed by atoms with van der Waals surface area (Å²) in [5, 5.41) is 10.1. The number of nitrogens with one attached hydrogen (secondary N) is 2. The number of nitrogen functional groups attached to an aromatic ring is 1. The number of halogens is 1. The summed E-state index contributed by atoms with van der Waals surface area (Å²) in [5.74, 6) is -0.513. The third-order valence-electron chi connectivity index (χ3n) is 6.11. The molecule has 1 fully saturated rings. The Labute approximate surface area is 185 Å². The van der Waals surface area contributed by atoms with Gasteiger partial charge in [-0.3, -0.25) is 9.48 Å². The number of nitrogens with zero attached hydrogens (tertiary/aromatic N) is 4. The van der Waals surface area contributed by atoms with Crippen LogP contribution in [-0.4, -0.2) is 51.0 Å². The molecule has 4 N–H and O–H groups in total. The number of anilines is 1. The van der Waals surface area contributed by atoms with E-state index in [-0.39, 0.29) is 23.5 Å². The number of benzene rings is 1. The topological polar surface area (TPSA) is 111 Å². The standard InChI is InChI=1S/C23H26FN7O/c1-23(2)7-19-15(8-28-31(19)12-23)13-4-3-5-14(6-13)17-11-27-21(25)20(29-17)22(32)30-18-10-26-9-16(18)24/h3-6,8,11,16,18,26H,7,9-10,12H2,1-2H3,(H2,25,27)(H,30,32)/t16-,18-/m0/s1. The van der Waals surface area contributed by atoms with Crippen LogP contribution in [0.3, 0.4) is 0 Å². The van der Waals surface area contributed by atoms with Crippen LogP contribution in [0.15, 0.2) is 36.7 Å². The Hall–Kier alpha value is -3.33. The highest BCUT2D eigenvalue weighted by Crippen LogP contribution is 2.37. The maximum atomic E-state index is 13.9. The van der Waals surface area contributed by atoms with Gasteiger partial charge in [0.05, 0.1) is 24.1 Å². The van der Waals surface area contributed by atoms with E-state index in [1.807, 2.05) is 30.5 Å². The van der Waals surface area contributed by atoms with Crippen molar-refractivity contribution >= 4 is 11.7 Å². The molecular formula is C23H26FN7O. The molecule has 1 aromatic carbocycles. The number of nitrogens with two attached hydrogens (primary N) is 1. The number of fused-ring (bicyclic) bond motifs is 1. The zero-order valence-electron chi connectivity index (χ0n) is 18.1. The van der Waals surface area contributed by atoms with Crippen LogP contribution >= 0.6 is 0 Å². The van der Waals surface area contributed by atoms with E-state index in [0.717, 1.165) is 29.7 Å². The van der Waals surface area contributed by atoms with Gasteiger partial charge in [0.2, 0.25) is 0 Å². The molecule has 0 spiro atoms. The van der Waals surface area contributed by atoms with Gasteiger partial charge >= 0.3 is 0 Å². The number of carbonyl (C=O) groups is 1. The fourth-order valence-corrected chi connectivity index (χ4v) is 4.46. The molecule has 2 aromatic heterocycles. The van der Waals surface area contributed by atoms with Gasteiger partial charge in [0.25, 0.3) is 5.91 Å². The Bertz CT molecular complexity index is 1190. The average molecular weight is 436 g/mol. The number of carbonyl (C=O) groups excluding carboxylic acids is 1. The minimum absolute atomic E-state index is 0.000164. The molecule has 0 aliphatic carbocycles. The summed E-state index contributed by atoms with van der Waals surface area (Å²) in [7, 11) is 0. The molecule has 166 valence electrons. The van der Waals surface area contributed by atoms with Crippen molar-refractivity contribution in [2.24, 2.45) is 5.41 Å². The molecule has 0 bridgehead atoms. The molecule has 9 heteroatoms. The van der Waals surface area contributed by atoms with Crippen molar-refractivity contribution < 1.29 is 9.18 Å². The Morgan fingerprint density at radius 3 is 2.88 bits per heavy atom. The van der Waals surface area contributed by atoms with Crippen molar-refractivity contribution in [3.63, 3.8) is 0 Å². The first kappa shape index (κ1) is 20.6. The summed E-state index contributed by atoms with van der Waals surface area (Å²) in [5.41, 5.74) is 10.8. The van der Waals surface area contributed by atoms with Crippen LogP contribution in [0.2, 0.25) is 0 Å². The maximum absolute atomic E-state index is 13.9. The van der Waals surface area contributed by atoms with Gasteiger partial charge in [0, 0.05) is 36.5 Å². The predicted octanol–water partition coefficient (Wildman–Crippen LogP) is 2.21. The van der Waals surface area contributed by atoms with Crippen molar-refractivity contribution in [3.8, 4) is 22.4 Å². The zero-order valence-corrected chi connectivity index (χ0v) is 18.1. The number of amides is 1. The lowest BCUT2D eigenvalue weighted by atomic mass is 9.89. The first-order chi connectivity index (χ1) is 15.3. The molecule has 5 rings (SSSR count). The molecule has 8 nitrogen and oxygen atoms in total. The van der Waals surface area contributed by atoms with Crippen LogP contribution in [0, 0.1) is 5.41 Å². The summed E-state index contributed by atoms with van der Waals surface area (Å²) >= 11 is 0.